The third kappa shape index (κ3) is 2.16. The highest BCUT2D eigenvalue weighted by atomic mass is 32.1. The van der Waals surface area contributed by atoms with Gasteiger partial charge in [0.2, 0.25) is 0 Å². The van der Waals surface area contributed by atoms with Crippen LogP contribution in [0.4, 0.5) is 0 Å². The van der Waals surface area contributed by atoms with E-state index in [1.165, 1.54) is 0 Å². The molecule has 3 heterocycles. The lowest BCUT2D eigenvalue weighted by Gasteiger charge is -2.04. The lowest BCUT2D eigenvalue weighted by atomic mass is 10.3. The van der Waals surface area contributed by atoms with Gasteiger partial charge in [0.15, 0.2) is 10.6 Å². The highest BCUT2D eigenvalue weighted by molar-refractivity contribution is 7.71. The fraction of sp³-hybridized carbons (Fsp3) is 0.231. The maximum absolute atomic E-state index is 5.31. The Kier molecular flexibility index (Phi) is 3.19. The Labute approximate surface area is 121 Å². The van der Waals surface area contributed by atoms with Crippen molar-refractivity contribution in [1.29, 1.82) is 0 Å². The molecule has 3 rings (SSSR count). The Bertz CT molecular complexity index is 768. The number of pyridine rings is 1. The molecule has 0 atom stereocenters. The Morgan fingerprint density at radius 1 is 1.30 bits per heavy atom. The lowest BCUT2D eigenvalue weighted by molar-refractivity contribution is 0.532. The van der Waals surface area contributed by atoms with Crippen LogP contribution in [0, 0.1) is 4.77 Å². The second-order valence-electron chi connectivity index (χ2n) is 4.68. The van der Waals surface area contributed by atoms with Gasteiger partial charge in [0.05, 0.1) is 11.9 Å². The fourth-order valence-electron chi connectivity index (χ4n) is 1.93. The van der Waals surface area contributed by atoms with E-state index in [2.05, 4.69) is 34.1 Å². The third-order valence-electron chi connectivity index (χ3n) is 2.94. The summed E-state index contributed by atoms with van der Waals surface area (Å²) in [5, 5.41) is 11.4. The van der Waals surface area contributed by atoms with E-state index >= 15 is 0 Å². The summed E-state index contributed by atoms with van der Waals surface area (Å²) in [6.07, 6.45) is 5.45. The summed E-state index contributed by atoms with van der Waals surface area (Å²) in [5.74, 6) is 0.680. The van der Waals surface area contributed by atoms with Gasteiger partial charge >= 0.3 is 0 Å². The zero-order valence-electron chi connectivity index (χ0n) is 11.2. The molecule has 0 aliphatic heterocycles. The molecule has 0 radical (unpaired) electrons. The molecular weight excluding hydrogens is 272 g/mol. The normalized spacial score (nSPS) is 11.2. The standard InChI is InChI=1S/C13H14N6S/c1-9(2)18-8-10(7-15-18)19-12(16-17-13(19)20)11-5-3-4-6-14-11/h3-9H,1-2H3,(H,17,20). The molecule has 1 N–H and O–H groups in total. The number of aromatic amines is 1. The molecule has 0 aromatic carbocycles. The highest BCUT2D eigenvalue weighted by Crippen LogP contribution is 2.19. The van der Waals surface area contributed by atoms with Crippen molar-refractivity contribution in [2.45, 2.75) is 19.9 Å². The number of rotatable bonds is 3. The highest BCUT2D eigenvalue weighted by Gasteiger charge is 2.13. The van der Waals surface area contributed by atoms with Gasteiger partial charge < -0.3 is 0 Å². The zero-order chi connectivity index (χ0) is 14.1. The molecule has 0 aliphatic rings. The van der Waals surface area contributed by atoms with Gasteiger partial charge in [-0.05, 0) is 38.2 Å². The van der Waals surface area contributed by atoms with E-state index < -0.39 is 0 Å². The van der Waals surface area contributed by atoms with E-state index in [4.69, 9.17) is 12.2 Å². The van der Waals surface area contributed by atoms with E-state index in [1.54, 1.807) is 12.4 Å². The van der Waals surface area contributed by atoms with E-state index in [1.807, 2.05) is 33.6 Å². The van der Waals surface area contributed by atoms with Crippen molar-refractivity contribution in [2.24, 2.45) is 0 Å². The van der Waals surface area contributed by atoms with Crippen LogP contribution in [-0.2, 0) is 0 Å². The van der Waals surface area contributed by atoms with E-state index in [0.29, 0.717) is 16.6 Å². The smallest absolute Gasteiger partial charge is 0.200 e. The third-order valence-corrected chi connectivity index (χ3v) is 3.22. The second-order valence-corrected chi connectivity index (χ2v) is 5.06. The van der Waals surface area contributed by atoms with Gasteiger partial charge in [-0.15, -0.1) is 0 Å². The van der Waals surface area contributed by atoms with E-state index in [0.717, 1.165) is 11.4 Å². The summed E-state index contributed by atoms with van der Waals surface area (Å²) >= 11 is 5.31. The zero-order valence-corrected chi connectivity index (χ0v) is 12.0. The minimum Gasteiger partial charge on any atom is -0.268 e. The molecule has 0 saturated heterocycles. The fourth-order valence-corrected chi connectivity index (χ4v) is 2.17. The molecule has 3 aromatic rings. The summed E-state index contributed by atoms with van der Waals surface area (Å²) < 4.78 is 4.24. The summed E-state index contributed by atoms with van der Waals surface area (Å²) in [5.41, 5.74) is 1.63. The first kappa shape index (κ1) is 12.7. The van der Waals surface area contributed by atoms with Gasteiger partial charge in [0.25, 0.3) is 0 Å². The van der Waals surface area contributed by atoms with Crippen LogP contribution in [0.25, 0.3) is 17.2 Å². The Balaban J connectivity index is 2.14. The van der Waals surface area contributed by atoms with Crippen molar-refractivity contribution < 1.29 is 0 Å². The van der Waals surface area contributed by atoms with Crippen LogP contribution in [0.3, 0.4) is 0 Å². The first-order valence-corrected chi connectivity index (χ1v) is 6.71. The first-order valence-electron chi connectivity index (χ1n) is 6.30. The number of H-pyrrole nitrogens is 1. The summed E-state index contributed by atoms with van der Waals surface area (Å²) in [7, 11) is 0. The monoisotopic (exact) mass is 286 g/mol. The Morgan fingerprint density at radius 2 is 2.15 bits per heavy atom. The summed E-state index contributed by atoms with van der Waals surface area (Å²) in [6.45, 7) is 4.15. The number of nitrogens with one attached hydrogen (secondary N) is 1. The SMILES string of the molecule is CC(C)n1cc(-n2c(-c3ccccn3)n[nH]c2=S)cn1. The van der Waals surface area contributed by atoms with Gasteiger partial charge in [-0.2, -0.15) is 10.2 Å². The average Bonchev–Trinajstić information content (AvgIpc) is 3.06. The molecule has 3 aromatic heterocycles. The topological polar surface area (TPSA) is 64.3 Å². The molecule has 0 saturated carbocycles. The average molecular weight is 286 g/mol. The van der Waals surface area contributed by atoms with Crippen LogP contribution >= 0.6 is 12.2 Å². The van der Waals surface area contributed by atoms with Gasteiger partial charge in [0, 0.05) is 18.4 Å². The lowest BCUT2D eigenvalue weighted by Crippen LogP contribution is -2.01. The molecule has 7 heteroatoms. The van der Waals surface area contributed by atoms with Crippen LogP contribution in [-0.4, -0.2) is 29.5 Å². The number of hydrogen-bond acceptors (Lipinski definition) is 4. The minimum absolute atomic E-state index is 0.295. The number of hydrogen-bond donors (Lipinski definition) is 1. The van der Waals surface area contributed by atoms with E-state index in [-0.39, 0.29) is 0 Å². The van der Waals surface area contributed by atoms with Crippen molar-refractivity contribution in [2.75, 3.05) is 0 Å². The van der Waals surface area contributed by atoms with Crippen LogP contribution in [0.1, 0.15) is 19.9 Å². The van der Waals surface area contributed by atoms with Crippen molar-refractivity contribution in [3.05, 3.63) is 41.6 Å². The van der Waals surface area contributed by atoms with Crippen molar-refractivity contribution in [1.82, 2.24) is 29.5 Å². The predicted octanol–water partition coefficient (Wildman–Crippen LogP) is 2.77. The molecule has 0 aliphatic carbocycles. The second kappa shape index (κ2) is 5.01. The van der Waals surface area contributed by atoms with Gasteiger partial charge in [-0.3, -0.25) is 19.3 Å². The largest absolute Gasteiger partial charge is 0.268 e. The van der Waals surface area contributed by atoms with Gasteiger partial charge in [-0.1, -0.05) is 6.07 Å². The van der Waals surface area contributed by atoms with Crippen molar-refractivity contribution in [3.8, 4) is 17.2 Å². The minimum atomic E-state index is 0.295. The van der Waals surface area contributed by atoms with E-state index in [9.17, 15) is 0 Å². The maximum atomic E-state index is 5.31. The molecule has 102 valence electrons. The first-order chi connectivity index (χ1) is 9.66. The summed E-state index contributed by atoms with van der Waals surface area (Å²) in [4.78, 5) is 4.31. The summed E-state index contributed by atoms with van der Waals surface area (Å²) in [6, 6.07) is 5.98. The molecule has 0 unspecified atom stereocenters. The van der Waals surface area contributed by atoms with Crippen LogP contribution < -0.4 is 0 Å². The molecule has 20 heavy (non-hydrogen) atoms. The molecule has 0 amide bonds. The van der Waals surface area contributed by atoms with Gasteiger partial charge in [0.1, 0.15) is 5.69 Å². The molecule has 0 bridgehead atoms. The van der Waals surface area contributed by atoms with Crippen molar-refractivity contribution in [3.63, 3.8) is 0 Å². The van der Waals surface area contributed by atoms with Crippen LogP contribution in [0.5, 0.6) is 0 Å². The Hall–Kier alpha value is -2.28. The number of aromatic nitrogens is 6. The van der Waals surface area contributed by atoms with Crippen molar-refractivity contribution >= 4 is 12.2 Å². The predicted molar refractivity (Wildman–Crippen MR) is 78.1 cm³/mol. The number of nitrogens with zero attached hydrogens (tertiary/aromatic N) is 5. The molecule has 0 spiro atoms. The van der Waals surface area contributed by atoms with Crippen LogP contribution in [0.15, 0.2) is 36.8 Å². The molecule has 6 nitrogen and oxygen atoms in total. The molecular formula is C13H14N6S. The van der Waals surface area contributed by atoms with Crippen LogP contribution in [0.2, 0.25) is 0 Å². The molecule has 0 fully saturated rings. The van der Waals surface area contributed by atoms with Gasteiger partial charge in [-0.25, -0.2) is 0 Å². The maximum Gasteiger partial charge on any atom is 0.200 e. The quantitative estimate of drug-likeness (QED) is 0.752. The Morgan fingerprint density at radius 3 is 2.80 bits per heavy atom.